The van der Waals surface area contributed by atoms with Crippen molar-refractivity contribution in [2.45, 2.75) is 33.2 Å². The lowest BCUT2D eigenvalue weighted by Crippen LogP contribution is -2.37. The van der Waals surface area contributed by atoms with Crippen molar-refractivity contribution in [3.8, 4) is 5.75 Å². The zero-order valence-electron chi connectivity index (χ0n) is 11.2. The number of benzene rings is 1. The van der Waals surface area contributed by atoms with Gasteiger partial charge in [-0.3, -0.25) is 0 Å². The molecule has 1 rings (SSSR count). The van der Waals surface area contributed by atoms with Gasteiger partial charge in [0.15, 0.2) is 0 Å². The van der Waals surface area contributed by atoms with E-state index in [1.807, 2.05) is 45.9 Å². The molecule has 0 fully saturated rings. The Morgan fingerprint density at radius 2 is 1.71 bits per heavy atom. The molecule has 1 aromatic rings. The first-order chi connectivity index (χ1) is 7.90. The van der Waals surface area contributed by atoms with E-state index in [0.29, 0.717) is 19.8 Å². The molecule has 0 bridgehead atoms. The van der Waals surface area contributed by atoms with Crippen LogP contribution in [0.5, 0.6) is 5.75 Å². The molecule has 0 radical (unpaired) electrons. The molecule has 1 aromatic carbocycles. The van der Waals surface area contributed by atoms with Crippen LogP contribution < -0.4 is 10.5 Å². The lowest BCUT2D eigenvalue weighted by Gasteiger charge is -2.18. The molecular formula is C14H23NO2. The molecule has 0 heterocycles. The van der Waals surface area contributed by atoms with E-state index in [-0.39, 0.29) is 5.54 Å². The highest BCUT2D eigenvalue weighted by atomic mass is 16.5. The molecule has 0 unspecified atom stereocenters. The first kappa shape index (κ1) is 14.0. The van der Waals surface area contributed by atoms with E-state index in [2.05, 4.69) is 0 Å². The third kappa shape index (κ3) is 5.20. The number of rotatable bonds is 6. The summed E-state index contributed by atoms with van der Waals surface area (Å²) in [6, 6.07) is 6.13. The van der Waals surface area contributed by atoms with Crippen molar-refractivity contribution in [3.05, 3.63) is 29.3 Å². The van der Waals surface area contributed by atoms with Crippen molar-refractivity contribution in [2.24, 2.45) is 5.73 Å². The molecule has 0 aromatic heterocycles. The summed E-state index contributed by atoms with van der Waals surface area (Å²) in [5.74, 6) is 0.961. The van der Waals surface area contributed by atoms with Crippen molar-refractivity contribution in [2.75, 3.05) is 19.8 Å². The standard InChI is InChI=1S/C14H23NO2/c1-11-6-5-7-12(2)13(11)17-9-8-16-10-14(3,4)15/h5-7H,8-10,15H2,1-4H3. The highest BCUT2D eigenvalue weighted by Gasteiger charge is 2.10. The normalized spacial score (nSPS) is 11.6. The van der Waals surface area contributed by atoms with Crippen LogP contribution in [0, 0.1) is 13.8 Å². The van der Waals surface area contributed by atoms with Crippen LogP contribution in [0.2, 0.25) is 0 Å². The minimum atomic E-state index is -0.279. The lowest BCUT2D eigenvalue weighted by atomic mass is 10.1. The number of hydrogen-bond acceptors (Lipinski definition) is 3. The van der Waals surface area contributed by atoms with Gasteiger partial charge in [-0.1, -0.05) is 18.2 Å². The molecule has 0 amide bonds. The van der Waals surface area contributed by atoms with Crippen LogP contribution in [-0.4, -0.2) is 25.4 Å². The van der Waals surface area contributed by atoms with Gasteiger partial charge >= 0.3 is 0 Å². The zero-order chi connectivity index (χ0) is 12.9. The van der Waals surface area contributed by atoms with E-state index >= 15 is 0 Å². The van der Waals surface area contributed by atoms with Crippen LogP contribution in [0.25, 0.3) is 0 Å². The van der Waals surface area contributed by atoms with Crippen LogP contribution in [0.1, 0.15) is 25.0 Å². The molecule has 3 heteroatoms. The molecule has 0 saturated heterocycles. The molecular weight excluding hydrogens is 214 g/mol. The van der Waals surface area contributed by atoms with Crippen LogP contribution in [0.4, 0.5) is 0 Å². The quantitative estimate of drug-likeness (QED) is 0.773. The maximum absolute atomic E-state index is 5.81. The van der Waals surface area contributed by atoms with Gasteiger partial charge in [0, 0.05) is 5.54 Å². The minimum absolute atomic E-state index is 0.279. The Hall–Kier alpha value is -1.06. The molecule has 96 valence electrons. The summed E-state index contributed by atoms with van der Waals surface area (Å²) >= 11 is 0. The van der Waals surface area contributed by atoms with Crippen molar-refractivity contribution >= 4 is 0 Å². The third-order valence-corrected chi connectivity index (χ3v) is 2.36. The second-order valence-corrected chi connectivity index (χ2v) is 5.11. The Balaban J connectivity index is 2.32. The summed E-state index contributed by atoms with van der Waals surface area (Å²) < 4.78 is 11.2. The van der Waals surface area contributed by atoms with Crippen molar-refractivity contribution in [1.29, 1.82) is 0 Å². The smallest absolute Gasteiger partial charge is 0.125 e. The fourth-order valence-corrected chi connectivity index (χ4v) is 1.56. The first-order valence-electron chi connectivity index (χ1n) is 5.96. The average Bonchev–Trinajstić information content (AvgIpc) is 2.20. The van der Waals surface area contributed by atoms with Gasteiger partial charge in [0.2, 0.25) is 0 Å². The van der Waals surface area contributed by atoms with Gasteiger partial charge in [-0.15, -0.1) is 0 Å². The van der Waals surface area contributed by atoms with Crippen LogP contribution in [0.3, 0.4) is 0 Å². The molecule has 0 aliphatic carbocycles. The third-order valence-electron chi connectivity index (χ3n) is 2.36. The van der Waals surface area contributed by atoms with E-state index < -0.39 is 0 Å². The van der Waals surface area contributed by atoms with Gasteiger partial charge in [-0.2, -0.15) is 0 Å². The fourth-order valence-electron chi connectivity index (χ4n) is 1.56. The van der Waals surface area contributed by atoms with E-state index in [4.69, 9.17) is 15.2 Å². The molecule has 3 nitrogen and oxygen atoms in total. The SMILES string of the molecule is Cc1cccc(C)c1OCCOCC(C)(C)N. The second kappa shape index (κ2) is 6.03. The molecule has 0 aliphatic heterocycles. The van der Waals surface area contributed by atoms with Gasteiger partial charge < -0.3 is 15.2 Å². The van der Waals surface area contributed by atoms with Crippen LogP contribution in [-0.2, 0) is 4.74 Å². The second-order valence-electron chi connectivity index (χ2n) is 5.11. The van der Waals surface area contributed by atoms with Gasteiger partial charge in [-0.05, 0) is 38.8 Å². The molecule has 17 heavy (non-hydrogen) atoms. The summed E-state index contributed by atoms with van der Waals surface area (Å²) in [6.07, 6.45) is 0. The average molecular weight is 237 g/mol. The number of ether oxygens (including phenoxy) is 2. The first-order valence-corrected chi connectivity index (χ1v) is 5.96. The van der Waals surface area contributed by atoms with Crippen LogP contribution >= 0.6 is 0 Å². The van der Waals surface area contributed by atoms with Gasteiger partial charge in [0.25, 0.3) is 0 Å². The number of para-hydroxylation sites is 1. The summed E-state index contributed by atoms with van der Waals surface area (Å²) in [5, 5.41) is 0. The summed E-state index contributed by atoms with van der Waals surface area (Å²) in [6.45, 7) is 9.65. The predicted molar refractivity (Wildman–Crippen MR) is 70.5 cm³/mol. The van der Waals surface area contributed by atoms with Crippen molar-refractivity contribution in [1.82, 2.24) is 0 Å². The zero-order valence-corrected chi connectivity index (χ0v) is 11.2. The monoisotopic (exact) mass is 237 g/mol. The summed E-state index contributed by atoms with van der Waals surface area (Å²) in [7, 11) is 0. The predicted octanol–water partition coefficient (Wildman–Crippen LogP) is 2.44. The largest absolute Gasteiger partial charge is 0.491 e. The Morgan fingerprint density at radius 3 is 2.24 bits per heavy atom. The number of hydrogen-bond donors (Lipinski definition) is 1. The van der Waals surface area contributed by atoms with E-state index in [1.54, 1.807) is 0 Å². The van der Waals surface area contributed by atoms with Gasteiger partial charge in [0.05, 0.1) is 13.2 Å². The topological polar surface area (TPSA) is 44.5 Å². The Labute approximate surface area is 104 Å². The maximum Gasteiger partial charge on any atom is 0.125 e. The van der Waals surface area contributed by atoms with Crippen molar-refractivity contribution in [3.63, 3.8) is 0 Å². The Kier molecular flexibility index (Phi) is 4.97. The molecule has 0 atom stereocenters. The Bertz CT molecular complexity index is 335. The fraction of sp³-hybridized carbons (Fsp3) is 0.571. The summed E-state index contributed by atoms with van der Waals surface area (Å²) in [4.78, 5) is 0. The van der Waals surface area contributed by atoms with Gasteiger partial charge in [-0.25, -0.2) is 0 Å². The highest BCUT2D eigenvalue weighted by Crippen LogP contribution is 2.21. The Morgan fingerprint density at radius 1 is 1.12 bits per heavy atom. The minimum Gasteiger partial charge on any atom is -0.491 e. The number of nitrogens with two attached hydrogens (primary N) is 1. The molecule has 0 spiro atoms. The summed E-state index contributed by atoms with van der Waals surface area (Å²) in [5.41, 5.74) is 7.85. The highest BCUT2D eigenvalue weighted by molar-refractivity contribution is 5.39. The molecule has 2 N–H and O–H groups in total. The van der Waals surface area contributed by atoms with Gasteiger partial charge in [0.1, 0.15) is 12.4 Å². The molecule has 0 saturated carbocycles. The lowest BCUT2D eigenvalue weighted by molar-refractivity contribution is 0.0721. The van der Waals surface area contributed by atoms with E-state index in [9.17, 15) is 0 Å². The van der Waals surface area contributed by atoms with E-state index in [1.165, 1.54) is 0 Å². The molecule has 0 aliphatic rings. The maximum atomic E-state index is 5.81. The van der Waals surface area contributed by atoms with Crippen molar-refractivity contribution < 1.29 is 9.47 Å². The van der Waals surface area contributed by atoms with E-state index in [0.717, 1.165) is 16.9 Å². The van der Waals surface area contributed by atoms with Crippen LogP contribution in [0.15, 0.2) is 18.2 Å². The number of aryl methyl sites for hydroxylation is 2.